The Kier molecular flexibility index (Phi) is 9.37. The van der Waals surface area contributed by atoms with E-state index in [0.717, 1.165) is 36.3 Å². The Balaban J connectivity index is 1.34. The van der Waals surface area contributed by atoms with Crippen LogP contribution in [0.3, 0.4) is 0 Å². The highest BCUT2D eigenvalue weighted by Crippen LogP contribution is 2.42. The molecule has 0 radical (unpaired) electrons. The molecule has 5 rings (SSSR count). The summed E-state index contributed by atoms with van der Waals surface area (Å²) in [6, 6.07) is 19.2. The lowest BCUT2D eigenvalue weighted by molar-refractivity contribution is -0.276. The molecule has 1 aromatic heterocycles. The number of hydrogen-bond donors (Lipinski definition) is 2. The van der Waals surface area contributed by atoms with Crippen LogP contribution in [0.4, 0.5) is 5.69 Å². The first kappa shape index (κ1) is 27.5. The highest BCUT2D eigenvalue weighted by Gasteiger charge is 2.39. The third-order valence-electron chi connectivity index (χ3n) is 7.87. The van der Waals surface area contributed by atoms with Gasteiger partial charge in [0.15, 0.2) is 6.29 Å². The molecule has 3 aromatic rings. The maximum atomic E-state index is 12.5. The highest BCUT2D eigenvalue weighted by atomic mass is 16.7. The molecule has 4 atom stereocenters. The molecule has 206 valence electrons. The normalized spacial score (nSPS) is 24.5. The van der Waals surface area contributed by atoms with Crippen molar-refractivity contribution < 1.29 is 19.4 Å². The van der Waals surface area contributed by atoms with E-state index in [1.165, 1.54) is 32.1 Å². The number of benzene rings is 2. The Morgan fingerprint density at radius 1 is 0.949 bits per heavy atom. The molecule has 0 aliphatic carbocycles. The monoisotopic (exact) mass is 529 g/mol. The van der Waals surface area contributed by atoms with Gasteiger partial charge in [-0.2, -0.15) is 0 Å². The summed E-state index contributed by atoms with van der Waals surface area (Å²) in [4.78, 5) is 19.1. The van der Waals surface area contributed by atoms with E-state index in [0.29, 0.717) is 11.3 Å². The number of ether oxygens (including phenoxy) is 2. The second kappa shape index (κ2) is 13.3. The van der Waals surface area contributed by atoms with E-state index in [4.69, 9.17) is 9.47 Å². The molecule has 2 aliphatic rings. The first-order chi connectivity index (χ1) is 19.1. The van der Waals surface area contributed by atoms with Gasteiger partial charge in [-0.05, 0) is 61.3 Å². The second-order valence-electron chi connectivity index (χ2n) is 10.7. The van der Waals surface area contributed by atoms with E-state index in [9.17, 15) is 9.90 Å². The van der Waals surface area contributed by atoms with Crippen LogP contribution >= 0.6 is 0 Å². The van der Waals surface area contributed by atoms with Gasteiger partial charge in [-0.3, -0.25) is 9.78 Å². The Hall–Kier alpha value is -3.10. The zero-order valence-electron chi connectivity index (χ0n) is 22.7. The maximum absolute atomic E-state index is 12.5. The molecular formula is C32H39N3O4. The summed E-state index contributed by atoms with van der Waals surface area (Å²) in [7, 11) is 0. The number of pyridine rings is 1. The molecule has 2 aliphatic heterocycles. The van der Waals surface area contributed by atoms with Crippen LogP contribution in [0, 0.1) is 5.92 Å². The number of rotatable bonds is 7. The summed E-state index contributed by atoms with van der Waals surface area (Å²) in [6.07, 6.45) is 8.95. The molecule has 4 unspecified atom stereocenters. The van der Waals surface area contributed by atoms with Crippen LogP contribution < -0.4 is 5.32 Å². The highest BCUT2D eigenvalue weighted by molar-refractivity contribution is 6.03. The molecule has 0 spiro atoms. The van der Waals surface area contributed by atoms with Crippen molar-refractivity contribution in [3.8, 4) is 0 Å². The lowest BCUT2D eigenvalue weighted by atomic mass is 9.89. The van der Waals surface area contributed by atoms with E-state index in [1.54, 1.807) is 24.5 Å². The minimum absolute atomic E-state index is 0.00987. The lowest BCUT2D eigenvalue weighted by Gasteiger charge is -2.43. The number of aromatic nitrogens is 1. The SMILES string of the molecule is CC1C(CN2CCCCCCC2)OC(c2ccc(NC(=O)c3cccnc3)cc2)OC1c1ccc(CO)cc1. The quantitative estimate of drug-likeness (QED) is 0.397. The van der Waals surface area contributed by atoms with Crippen LogP contribution in [-0.4, -0.2) is 46.6 Å². The Labute approximate surface area is 231 Å². The second-order valence-corrected chi connectivity index (χ2v) is 10.7. The number of aliphatic hydroxyl groups excluding tert-OH is 1. The third-order valence-corrected chi connectivity index (χ3v) is 7.87. The number of aliphatic hydroxyl groups is 1. The molecule has 3 heterocycles. The van der Waals surface area contributed by atoms with E-state index < -0.39 is 6.29 Å². The maximum Gasteiger partial charge on any atom is 0.257 e. The number of carbonyl (C=O) groups is 1. The van der Waals surface area contributed by atoms with E-state index >= 15 is 0 Å². The number of carbonyl (C=O) groups excluding carboxylic acids is 1. The largest absolute Gasteiger partial charge is 0.392 e. The Morgan fingerprint density at radius 2 is 1.64 bits per heavy atom. The van der Waals surface area contributed by atoms with Crippen molar-refractivity contribution in [3.05, 3.63) is 95.3 Å². The van der Waals surface area contributed by atoms with E-state index in [1.807, 2.05) is 36.4 Å². The minimum atomic E-state index is -0.522. The van der Waals surface area contributed by atoms with Gasteiger partial charge in [0.05, 0.1) is 24.4 Å². The third kappa shape index (κ3) is 7.11. The summed E-state index contributed by atoms with van der Waals surface area (Å²) < 4.78 is 13.2. The van der Waals surface area contributed by atoms with E-state index in [2.05, 4.69) is 34.3 Å². The molecule has 0 bridgehead atoms. The molecule has 39 heavy (non-hydrogen) atoms. The van der Waals surface area contributed by atoms with Crippen molar-refractivity contribution in [2.24, 2.45) is 5.92 Å². The van der Waals surface area contributed by atoms with Crippen LogP contribution in [-0.2, 0) is 16.1 Å². The number of amides is 1. The van der Waals surface area contributed by atoms with Crippen LogP contribution in [0.15, 0.2) is 73.1 Å². The van der Waals surface area contributed by atoms with Crippen LogP contribution in [0.2, 0.25) is 0 Å². The number of nitrogens with zero attached hydrogens (tertiary/aromatic N) is 2. The summed E-state index contributed by atoms with van der Waals surface area (Å²) >= 11 is 0. The van der Waals surface area contributed by atoms with Gasteiger partial charge < -0.3 is 24.8 Å². The Bertz CT molecular complexity index is 1180. The van der Waals surface area contributed by atoms with E-state index in [-0.39, 0.29) is 30.6 Å². The first-order valence-corrected chi connectivity index (χ1v) is 14.1. The van der Waals surface area contributed by atoms with Gasteiger partial charge in [-0.25, -0.2) is 0 Å². The summed E-state index contributed by atoms with van der Waals surface area (Å²) in [5.41, 5.74) is 4.10. The molecular weight excluding hydrogens is 490 g/mol. The van der Waals surface area contributed by atoms with Gasteiger partial charge in [0.25, 0.3) is 5.91 Å². The number of likely N-dealkylation sites (tertiary alicyclic amines) is 1. The average molecular weight is 530 g/mol. The smallest absolute Gasteiger partial charge is 0.257 e. The lowest BCUT2D eigenvalue weighted by Crippen LogP contribution is -2.45. The van der Waals surface area contributed by atoms with Gasteiger partial charge in [0, 0.05) is 36.1 Å². The van der Waals surface area contributed by atoms with Crippen molar-refractivity contribution in [1.29, 1.82) is 0 Å². The summed E-state index contributed by atoms with van der Waals surface area (Å²) in [5, 5.41) is 12.4. The first-order valence-electron chi connectivity index (χ1n) is 14.1. The molecule has 0 saturated carbocycles. The Morgan fingerprint density at radius 3 is 2.31 bits per heavy atom. The fourth-order valence-corrected chi connectivity index (χ4v) is 5.50. The summed E-state index contributed by atoms with van der Waals surface area (Å²) in [6.45, 7) is 5.34. The number of nitrogens with one attached hydrogen (secondary N) is 1. The minimum Gasteiger partial charge on any atom is -0.392 e. The van der Waals surface area contributed by atoms with Crippen LogP contribution in [0.5, 0.6) is 0 Å². The van der Waals surface area contributed by atoms with Crippen molar-refractivity contribution >= 4 is 11.6 Å². The molecule has 7 nitrogen and oxygen atoms in total. The van der Waals surface area contributed by atoms with Gasteiger partial charge >= 0.3 is 0 Å². The van der Waals surface area contributed by atoms with Gasteiger partial charge in [0.1, 0.15) is 0 Å². The number of anilines is 1. The van der Waals surface area contributed by atoms with Gasteiger partial charge in [-0.15, -0.1) is 0 Å². The van der Waals surface area contributed by atoms with Crippen LogP contribution in [0.25, 0.3) is 0 Å². The van der Waals surface area contributed by atoms with Gasteiger partial charge in [-0.1, -0.05) is 62.6 Å². The van der Waals surface area contributed by atoms with Gasteiger partial charge in [0.2, 0.25) is 0 Å². The zero-order valence-corrected chi connectivity index (χ0v) is 22.7. The predicted molar refractivity (Wildman–Crippen MR) is 151 cm³/mol. The number of hydrogen-bond acceptors (Lipinski definition) is 6. The van der Waals surface area contributed by atoms with Crippen molar-refractivity contribution in [3.63, 3.8) is 0 Å². The molecule has 2 aromatic carbocycles. The summed E-state index contributed by atoms with van der Waals surface area (Å²) in [5.74, 6) is -0.0424. The molecule has 2 fully saturated rings. The predicted octanol–water partition coefficient (Wildman–Crippen LogP) is 5.88. The fourth-order valence-electron chi connectivity index (χ4n) is 5.50. The van der Waals surface area contributed by atoms with Crippen molar-refractivity contribution in [1.82, 2.24) is 9.88 Å². The molecule has 1 amide bonds. The molecule has 7 heteroatoms. The molecule has 2 saturated heterocycles. The van der Waals surface area contributed by atoms with Crippen molar-refractivity contribution in [2.75, 3.05) is 25.0 Å². The average Bonchev–Trinajstić information content (AvgIpc) is 2.96. The fraction of sp³-hybridized carbons (Fsp3) is 0.438. The molecule has 2 N–H and O–H groups in total. The topological polar surface area (TPSA) is 83.9 Å². The van der Waals surface area contributed by atoms with Crippen molar-refractivity contribution in [2.45, 2.75) is 64.1 Å². The van der Waals surface area contributed by atoms with Crippen LogP contribution in [0.1, 0.15) is 78.5 Å². The zero-order chi connectivity index (χ0) is 27.0. The standard InChI is InChI=1S/C32H39N3O4/c1-23-29(21-35-18-5-3-2-4-6-19-35)38-32(39-30(23)25-11-9-24(22-36)10-12-25)26-13-15-28(16-14-26)34-31(37)27-8-7-17-33-20-27/h7-17,20,23,29-30,32,36H,2-6,18-19,21-22H2,1H3,(H,34,37).